The van der Waals surface area contributed by atoms with Crippen molar-refractivity contribution in [2.75, 3.05) is 0 Å². The highest BCUT2D eigenvalue weighted by molar-refractivity contribution is 5.67. The Morgan fingerprint density at radius 3 is 1.24 bits per heavy atom. The van der Waals surface area contributed by atoms with Crippen LogP contribution in [0.3, 0.4) is 0 Å². The van der Waals surface area contributed by atoms with Gasteiger partial charge < -0.3 is 9.47 Å². The molecule has 17 heteroatoms. The Labute approximate surface area is 273 Å². The number of hydrogen-bond donors (Lipinski definition) is 0. The third-order valence-electron chi connectivity index (χ3n) is 7.14. The summed E-state index contributed by atoms with van der Waals surface area (Å²) in [5.74, 6) is -19.6. The van der Waals surface area contributed by atoms with E-state index in [1.165, 1.54) is 0 Å². The Hall–Kier alpha value is -4.57. The van der Waals surface area contributed by atoms with E-state index in [2.05, 4.69) is 9.47 Å². The average molecular weight is 734 g/mol. The first kappa shape index (κ1) is 38.2. The third-order valence-corrected chi connectivity index (χ3v) is 7.14. The maximum Gasteiger partial charge on any atom is 0.432 e. The van der Waals surface area contributed by atoms with Crippen LogP contribution in [0.4, 0.5) is 65.9 Å². The quantitative estimate of drug-likeness (QED) is 0.107. The molecular weight excluding hydrogens is 713 g/mol. The van der Waals surface area contributed by atoms with Crippen LogP contribution in [0.5, 0.6) is 11.5 Å². The monoisotopic (exact) mass is 734 g/mol. The number of alkyl halides is 7. The van der Waals surface area contributed by atoms with Crippen LogP contribution in [0.2, 0.25) is 0 Å². The van der Waals surface area contributed by atoms with E-state index in [-0.39, 0.29) is 48.4 Å². The van der Waals surface area contributed by atoms with Gasteiger partial charge in [0.1, 0.15) is 74.7 Å². The lowest BCUT2D eigenvalue weighted by molar-refractivity contribution is -0.190. The molecule has 0 bridgehead atoms. The first-order valence-corrected chi connectivity index (χ1v) is 14.3. The lowest BCUT2D eigenvalue weighted by Crippen LogP contribution is -2.26. The minimum atomic E-state index is -5.59. The summed E-state index contributed by atoms with van der Waals surface area (Å²) in [5, 5.41) is 0. The Bertz CT molecular complexity index is 1790. The Balaban J connectivity index is 1.60. The van der Waals surface area contributed by atoms with E-state index in [0.717, 1.165) is 12.8 Å². The van der Waals surface area contributed by atoms with Gasteiger partial charge in [-0.1, -0.05) is 26.2 Å². The number of hydrogen-bond acceptors (Lipinski definition) is 2. The summed E-state index contributed by atoms with van der Waals surface area (Å²) in [4.78, 5) is 0. The summed E-state index contributed by atoms with van der Waals surface area (Å²) in [5.41, 5.74) is -9.13. The SMILES string of the molecule is CCCCCCc1cc(F)c(C(F)(F)Oc2cc(F)c(-c3cc(F)c(C(F)(F)Oc4cc(F)c(C(F)(F)F)c(F)c4)c(F)c3)c(F)c2)c(F)c1. The van der Waals surface area contributed by atoms with Gasteiger partial charge in [-0.25, -0.2) is 35.1 Å². The standard InChI is InChI=1S/C33H21F15O2/c1-2-3-4-5-6-15-7-21(36)29(22(37)8-15)32(45,46)49-17-11-19(34)27(20(35)12-17)16-9-23(38)30(24(39)10-16)33(47,48)50-18-13-25(40)28(26(41)14-18)31(42,43)44/h7-14H,2-6H2,1H3. The fourth-order valence-corrected chi connectivity index (χ4v) is 4.96. The zero-order valence-corrected chi connectivity index (χ0v) is 25.1. The molecule has 0 heterocycles. The number of unbranched alkanes of at least 4 members (excludes halogenated alkanes) is 3. The van der Waals surface area contributed by atoms with Gasteiger partial charge in [-0.2, -0.15) is 30.7 Å². The molecule has 0 aliphatic heterocycles. The topological polar surface area (TPSA) is 18.5 Å². The molecule has 0 radical (unpaired) electrons. The van der Waals surface area contributed by atoms with Crippen LogP contribution in [0.15, 0.2) is 48.5 Å². The molecule has 0 fully saturated rings. The summed E-state index contributed by atoms with van der Waals surface area (Å²) < 4.78 is 222. The molecule has 4 rings (SSSR count). The lowest BCUT2D eigenvalue weighted by atomic mass is 10.0. The van der Waals surface area contributed by atoms with Crippen LogP contribution in [-0.4, -0.2) is 0 Å². The molecule has 0 N–H and O–H groups in total. The molecule has 2 nitrogen and oxygen atoms in total. The second-order valence-corrected chi connectivity index (χ2v) is 10.8. The van der Waals surface area contributed by atoms with Gasteiger partial charge in [0.15, 0.2) is 0 Å². The van der Waals surface area contributed by atoms with Crippen LogP contribution in [-0.2, 0) is 24.8 Å². The van der Waals surface area contributed by atoms with Gasteiger partial charge >= 0.3 is 18.4 Å². The second-order valence-electron chi connectivity index (χ2n) is 10.8. The highest BCUT2D eigenvalue weighted by Crippen LogP contribution is 2.42. The van der Waals surface area contributed by atoms with Crippen molar-refractivity contribution in [3.63, 3.8) is 0 Å². The maximum absolute atomic E-state index is 15.0. The predicted molar refractivity (Wildman–Crippen MR) is 146 cm³/mol. The number of benzene rings is 4. The smallest absolute Gasteiger partial charge is 0.429 e. The normalized spacial score (nSPS) is 12.4. The molecule has 0 unspecified atom stereocenters. The average Bonchev–Trinajstić information content (AvgIpc) is 2.92. The molecule has 0 saturated carbocycles. The molecule has 4 aromatic carbocycles. The minimum absolute atomic E-state index is 0.0410. The van der Waals surface area contributed by atoms with Crippen molar-refractivity contribution < 1.29 is 75.3 Å². The number of ether oxygens (including phenoxy) is 2. The lowest BCUT2D eigenvalue weighted by Gasteiger charge is -2.21. The van der Waals surface area contributed by atoms with Gasteiger partial charge in [0.2, 0.25) is 0 Å². The van der Waals surface area contributed by atoms with Crippen LogP contribution in [0.1, 0.15) is 54.9 Å². The van der Waals surface area contributed by atoms with Crippen LogP contribution in [0, 0.1) is 46.5 Å². The summed E-state index contributed by atoms with van der Waals surface area (Å²) in [6, 6.07) is 0.549. The van der Waals surface area contributed by atoms with Gasteiger partial charge in [-0.15, -0.1) is 0 Å². The zero-order chi connectivity index (χ0) is 37.3. The highest BCUT2D eigenvalue weighted by Gasteiger charge is 2.44. The van der Waals surface area contributed by atoms with E-state index < -0.39 is 104 Å². The minimum Gasteiger partial charge on any atom is -0.429 e. The first-order chi connectivity index (χ1) is 23.2. The summed E-state index contributed by atoms with van der Waals surface area (Å²) in [6.07, 6.45) is -12.5. The van der Waals surface area contributed by atoms with Gasteiger partial charge in [0.25, 0.3) is 0 Å². The van der Waals surface area contributed by atoms with Gasteiger partial charge in [-0.3, -0.25) is 0 Å². The van der Waals surface area contributed by atoms with Gasteiger partial charge in [0, 0.05) is 24.3 Å². The van der Waals surface area contributed by atoms with E-state index in [4.69, 9.17) is 0 Å². The molecular formula is C33H21F15O2. The molecule has 50 heavy (non-hydrogen) atoms. The van der Waals surface area contributed by atoms with E-state index in [0.29, 0.717) is 25.0 Å². The molecule has 0 aliphatic carbocycles. The number of aryl methyl sites for hydroxylation is 1. The molecule has 0 spiro atoms. The second kappa shape index (κ2) is 14.3. The third kappa shape index (κ3) is 8.24. The van der Waals surface area contributed by atoms with Crippen LogP contribution < -0.4 is 9.47 Å². The molecule has 270 valence electrons. The van der Waals surface area contributed by atoms with Crippen molar-refractivity contribution in [2.45, 2.75) is 57.4 Å². The highest BCUT2D eigenvalue weighted by atomic mass is 19.4. The van der Waals surface area contributed by atoms with Crippen molar-refractivity contribution in [3.05, 3.63) is 117 Å². The largest absolute Gasteiger partial charge is 0.432 e. The van der Waals surface area contributed by atoms with Crippen molar-refractivity contribution in [1.82, 2.24) is 0 Å². The molecule has 0 saturated heterocycles. The van der Waals surface area contributed by atoms with Crippen molar-refractivity contribution >= 4 is 0 Å². The van der Waals surface area contributed by atoms with Crippen LogP contribution in [0.25, 0.3) is 11.1 Å². The van der Waals surface area contributed by atoms with E-state index >= 15 is 0 Å². The molecule has 0 aliphatic rings. The predicted octanol–water partition coefficient (Wildman–Crippen LogP) is 11.9. The summed E-state index contributed by atoms with van der Waals surface area (Å²) in [7, 11) is 0. The van der Waals surface area contributed by atoms with Gasteiger partial charge in [0.05, 0.1) is 5.56 Å². The summed E-state index contributed by atoms with van der Waals surface area (Å²) >= 11 is 0. The molecule has 4 aromatic rings. The fraction of sp³-hybridized carbons (Fsp3) is 0.273. The Morgan fingerprint density at radius 2 is 0.840 bits per heavy atom. The van der Waals surface area contributed by atoms with Crippen molar-refractivity contribution in [2.24, 2.45) is 0 Å². The fourth-order valence-electron chi connectivity index (χ4n) is 4.96. The Morgan fingerprint density at radius 1 is 0.460 bits per heavy atom. The van der Waals surface area contributed by atoms with E-state index in [1.807, 2.05) is 6.92 Å². The van der Waals surface area contributed by atoms with Gasteiger partial charge in [-0.05, 0) is 48.2 Å². The summed E-state index contributed by atoms with van der Waals surface area (Å²) in [6.45, 7) is 1.93. The maximum atomic E-state index is 15.0. The van der Waals surface area contributed by atoms with E-state index in [1.54, 1.807) is 0 Å². The Kier molecular flexibility index (Phi) is 11.0. The van der Waals surface area contributed by atoms with E-state index in [9.17, 15) is 65.9 Å². The number of rotatable bonds is 12. The van der Waals surface area contributed by atoms with Crippen molar-refractivity contribution in [3.8, 4) is 22.6 Å². The molecule has 0 aromatic heterocycles. The van der Waals surface area contributed by atoms with Crippen molar-refractivity contribution in [1.29, 1.82) is 0 Å². The van der Waals surface area contributed by atoms with Crippen LogP contribution >= 0.6 is 0 Å². The molecule has 0 amide bonds. The first-order valence-electron chi connectivity index (χ1n) is 14.3. The molecule has 0 atom stereocenters. The number of halogens is 15. The zero-order valence-electron chi connectivity index (χ0n) is 25.1.